The van der Waals surface area contributed by atoms with Crippen LogP contribution in [0.2, 0.25) is 0 Å². The van der Waals surface area contributed by atoms with E-state index in [9.17, 15) is 4.79 Å². The minimum absolute atomic E-state index is 0.0550. The molecule has 17 heavy (non-hydrogen) atoms. The molecule has 90 valence electrons. The Balaban J connectivity index is 3.20. The smallest absolute Gasteiger partial charge is 0.161 e. The maximum Gasteiger partial charge on any atom is 0.161 e. The normalized spacial score (nSPS) is 9.76. The van der Waals surface area contributed by atoms with E-state index in [-0.39, 0.29) is 5.78 Å². The summed E-state index contributed by atoms with van der Waals surface area (Å²) in [5.41, 5.74) is 1.63. The summed E-state index contributed by atoms with van der Waals surface area (Å²) in [6.07, 6.45) is 3.63. The molecule has 0 aliphatic carbocycles. The largest absolute Gasteiger partial charge is 0.364 e. The monoisotopic (exact) mass is 293 g/mol. The molecule has 1 aromatic rings. The summed E-state index contributed by atoms with van der Waals surface area (Å²) in [6.45, 7) is 10.4. The van der Waals surface area contributed by atoms with Crippen molar-refractivity contribution in [3.8, 4) is 0 Å². The second-order valence-corrected chi connectivity index (χ2v) is 4.62. The number of ketones is 1. The number of hydrogen-bond acceptors (Lipinski definition) is 2. The van der Waals surface area contributed by atoms with Gasteiger partial charge in [-0.2, -0.15) is 0 Å². The number of carbonyl (C=O) groups is 1. The van der Waals surface area contributed by atoms with Crippen molar-refractivity contribution in [3.05, 3.63) is 53.5 Å². The van der Waals surface area contributed by atoms with Gasteiger partial charge in [-0.05, 0) is 25.1 Å². The summed E-state index contributed by atoms with van der Waals surface area (Å²) < 4.78 is 0.906. The van der Waals surface area contributed by atoms with Gasteiger partial charge in [-0.3, -0.25) is 4.79 Å². The van der Waals surface area contributed by atoms with Gasteiger partial charge in [0.1, 0.15) is 0 Å². The van der Waals surface area contributed by atoms with Crippen LogP contribution >= 0.6 is 15.9 Å². The van der Waals surface area contributed by atoms with Crippen LogP contribution in [0.3, 0.4) is 0 Å². The number of nitrogens with zero attached hydrogens (tertiary/aromatic N) is 1. The van der Waals surface area contributed by atoms with Crippen LogP contribution in [0.25, 0.3) is 0 Å². The summed E-state index contributed by atoms with van der Waals surface area (Å²) in [5, 5.41) is 0. The molecule has 2 nitrogen and oxygen atoms in total. The highest BCUT2D eigenvalue weighted by Crippen LogP contribution is 2.25. The summed E-state index contributed by atoms with van der Waals surface area (Å²) in [5.74, 6) is 0.0550. The standard InChI is InChI=1S/C14H16BrNO/c1-4-8-16(9-5-2)14-7-6-12(15)10-13(14)11(3)17/h4-7,10H,1-2,8-9H2,3H3. The van der Waals surface area contributed by atoms with Gasteiger partial charge >= 0.3 is 0 Å². The van der Waals surface area contributed by atoms with Gasteiger partial charge in [-0.15, -0.1) is 13.2 Å². The van der Waals surface area contributed by atoms with Crippen LogP contribution < -0.4 is 4.90 Å². The van der Waals surface area contributed by atoms with Crippen LogP contribution in [-0.4, -0.2) is 18.9 Å². The average molecular weight is 294 g/mol. The maximum absolute atomic E-state index is 11.6. The van der Waals surface area contributed by atoms with E-state index < -0.39 is 0 Å². The molecule has 0 N–H and O–H groups in total. The number of carbonyl (C=O) groups excluding carboxylic acids is 1. The second-order valence-electron chi connectivity index (χ2n) is 3.70. The molecule has 0 heterocycles. The summed E-state index contributed by atoms with van der Waals surface area (Å²) in [4.78, 5) is 13.7. The third-order valence-corrected chi connectivity index (χ3v) is 2.87. The highest BCUT2D eigenvalue weighted by Gasteiger charge is 2.12. The van der Waals surface area contributed by atoms with E-state index in [1.54, 1.807) is 6.92 Å². The molecule has 1 rings (SSSR count). The molecule has 0 aliphatic rings. The molecular formula is C14H16BrNO. The zero-order valence-electron chi connectivity index (χ0n) is 9.95. The van der Waals surface area contributed by atoms with Gasteiger partial charge in [0.05, 0.1) is 0 Å². The third-order valence-electron chi connectivity index (χ3n) is 2.38. The van der Waals surface area contributed by atoms with Crippen molar-refractivity contribution in [2.75, 3.05) is 18.0 Å². The van der Waals surface area contributed by atoms with Crippen molar-refractivity contribution in [2.24, 2.45) is 0 Å². The Morgan fingerprint density at radius 2 is 1.94 bits per heavy atom. The fourth-order valence-electron chi connectivity index (χ4n) is 1.65. The second kappa shape index (κ2) is 6.40. The van der Waals surface area contributed by atoms with Crippen LogP contribution in [0.1, 0.15) is 17.3 Å². The van der Waals surface area contributed by atoms with E-state index in [1.807, 2.05) is 30.4 Å². The van der Waals surface area contributed by atoms with E-state index in [4.69, 9.17) is 0 Å². The van der Waals surface area contributed by atoms with Gasteiger partial charge in [0.25, 0.3) is 0 Å². The van der Waals surface area contributed by atoms with Gasteiger partial charge < -0.3 is 4.90 Å². The van der Waals surface area contributed by atoms with Crippen molar-refractivity contribution in [3.63, 3.8) is 0 Å². The first-order valence-corrected chi connectivity index (χ1v) is 6.16. The fraction of sp³-hybridized carbons (Fsp3) is 0.214. The van der Waals surface area contributed by atoms with Crippen LogP contribution in [0, 0.1) is 0 Å². The topological polar surface area (TPSA) is 20.3 Å². The number of halogens is 1. The van der Waals surface area contributed by atoms with Crippen molar-refractivity contribution in [1.82, 2.24) is 0 Å². The van der Waals surface area contributed by atoms with E-state index in [1.165, 1.54) is 0 Å². The number of hydrogen-bond donors (Lipinski definition) is 0. The van der Waals surface area contributed by atoms with Crippen molar-refractivity contribution < 1.29 is 4.79 Å². The Bertz CT molecular complexity index is 430. The Morgan fingerprint density at radius 1 is 1.35 bits per heavy atom. The lowest BCUT2D eigenvalue weighted by atomic mass is 10.1. The van der Waals surface area contributed by atoms with Gasteiger partial charge in [0.2, 0.25) is 0 Å². The maximum atomic E-state index is 11.6. The van der Waals surface area contributed by atoms with Crippen molar-refractivity contribution in [1.29, 1.82) is 0 Å². The first-order valence-electron chi connectivity index (χ1n) is 5.37. The van der Waals surface area contributed by atoms with Crippen LogP contribution in [0.4, 0.5) is 5.69 Å². The van der Waals surface area contributed by atoms with Gasteiger partial charge in [0, 0.05) is 28.8 Å². The van der Waals surface area contributed by atoms with Gasteiger partial charge in [0.15, 0.2) is 5.78 Å². The molecule has 1 aromatic carbocycles. The SMILES string of the molecule is C=CCN(CC=C)c1ccc(Br)cc1C(C)=O. The number of anilines is 1. The number of Topliss-reactive ketones (excluding diaryl/α,β-unsaturated/α-hetero) is 1. The molecule has 0 atom stereocenters. The Kier molecular flexibility index (Phi) is 5.16. The first kappa shape index (κ1) is 13.7. The molecule has 0 bridgehead atoms. The fourth-order valence-corrected chi connectivity index (χ4v) is 2.01. The minimum Gasteiger partial charge on any atom is -0.364 e. The lowest BCUT2D eigenvalue weighted by molar-refractivity contribution is 0.101. The highest BCUT2D eigenvalue weighted by molar-refractivity contribution is 9.10. The van der Waals surface area contributed by atoms with Crippen LogP contribution in [-0.2, 0) is 0 Å². The zero-order chi connectivity index (χ0) is 12.8. The van der Waals surface area contributed by atoms with E-state index in [2.05, 4.69) is 34.0 Å². The van der Waals surface area contributed by atoms with Crippen LogP contribution in [0.5, 0.6) is 0 Å². The van der Waals surface area contributed by atoms with E-state index in [0.29, 0.717) is 18.7 Å². The predicted octanol–water partition coefficient (Wildman–Crippen LogP) is 3.83. The highest BCUT2D eigenvalue weighted by atomic mass is 79.9. The van der Waals surface area contributed by atoms with Gasteiger partial charge in [-0.25, -0.2) is 0 Å². The zero-order valence-corrected chi connectivity index (χ0v) is 11.5. The first-order chi connectivity index (χ1) is 8.10. The molecule has 0 aromatic heterocycles. The molecule has 0 fully saturated rings. The summed E-state index contributed by atoms with van der Waals surface area (Å²) in [6, 6.07) is 5.71. The third kappa shape index (κ3) is 3.56. The quantitative estimate of drug-likeness (QED) is 0.587. The minimum atomic E-state index is 0.0550. The Labute approximate surface area is 111 Å². The molecule has 0 saturated carbocycles. The summed E-state index contributed by atoms with van der Waals surface area (Å²) in [7, 11) is 0. The van der Waals surface area contributed by atoms with Crippen molar-refractivity contribution in [2.45, 2.75) is 6.92 Å². The van der Waals surface area contributed by atoms with E-state index >= 15 is 0 Å². The Morgan fingerprint density at radius 3 is 2.41 bits per heavy atom. The molecule has 0 amide bonds. The number of benzene rings is 1. The van der Waals surface area contributed by atoms with Crippen LogP contribution in [0.15, 0.2) is 48.0 Å². The molecule has 0 radical (unpaired) electrons. The average Bonchev–Trinajstić information content (AvgIpc) is 2.28. The van der Waals surface area contributed by atoms with Gasteiger partial charge in [-0.1, -0.05) is 28.1 Å². The molecular weight excluding hydrogens is 278 g/mol. The van der Waals surface area contributed by atoms with Crippen molar-refractivity contribution >= 4 is 27.4 Å². The lowest BCUT2D eigenvalue weighted by Gasteiger charge is -2.24. The summed E-state index contributed by atoms with van der Waals surface area (Å²) >= 11 is 3.38. The number of rotatable bonds is 6. The van der Waals surface area contributed by atoms with E-state index in [0.717, 1.165) is 10.2 Å². The predicted molar refractivity (Wildman–Crippen MR) is 76.8 cm³/mol. The lowest BCUT2D eigenvalue weighted by Crippen LogP contribution is -2.24. The molecule has 0 aliphatic heterocycles. The molecule has 0 spiro atoms. The Hall–Kier alpha value is -1.35. The molecule has 0 saturated heterocycles. The molecule has 0 unspecified atom stereocenters. The molecule has 3 heteroatoms.